The summed E-state index contributed by atoms with van der Waals surface area (Å²) < 4.78 is 16.6. The van der Waals surface area contributed by atoms with Crippen LogP contribution in [0.5, 0.6) is 0 Å². The highest BCUT2D eigenvalue weighted by atomic mass is 79.9. The predicted molar refractivity (Wildman–Crippen MR) is 72.9 cm³/mol. The van der Waals surface area contributed by atoms with Gasteiger partial charge in [0, 0.05) is 17.1 Å². The van der Waals surface area contributed by atoms with Gasteiger partial charge in [-0.05, 0) is 38.2 Å². The average Bonchev–Trinajstić information content (AvgIpc) is 2.64. The van der Waals surface area contributed by atoms with Crippen molar-refractivity contribution in [1.82, 2.24) is 15.1 Å². The normalized spacial score (nSPS) is 12.7. The van der Waals surface area contributed by atoms with Crippen molar-refractivity contribution in [2.24, 2.45) is 7.05 Å². The summed E-state index contributed by atoms with van der Waals surface area (Å²) in [7, 11) is 3.68. The Morgan fingerprint density at radius 3 is 2.67 bits per heavy atom. The minimum absolute atomic E-state index is 0.214. The minimum Gasteiger partial charge on any atom is -0.308 e. The summed E-state index contributed by atoms with van der Waals surface area (Å²) in [6, 6.07) is 6.70. The second-order valence-electron chi connectivity index (χ2n) is 4.22. The second kappa shape index (κ2) is 5.20. The molecule has 0 amide bonds. The van der Waals surface area contributed by atoms with Crippen LogP contribution >= 0.6 is 15.9 Å². The molecular formula is C13H15BrFN3. The fourth-order valence-corrected chi connectivity index (χ4v) is 2.48. The molecule has 1 N–H and O–H groups in total. The molecule has 1 unspecified atom stereocenters. The van der Waals surface area contributed by atoms with E-state index in [4.69, 9.17) is 0 Å². The molecule has 2 aromatic rings. The van der Waals surface area contributed by atoms with Crippen molar-refractivity contribution in [2.75, 3.05) is 7.05 Å². The second-order valence-corrected chi connectivity index (χ2v) is 5.14. The Morgan fingerprint density at radius 2 is 2.11 bits per heavy atom. The molecule has 2 rings (SSSR count). The molecule has 5 heteroatoms. The number of benzene rings is 1. The molecule has 0 aliphatic carbocycles. The Balaban J connectivity index is 2.51. The maximum atomic E-state index is 13.9. The molecule has 96 valence electrons. The lowest BCUT2D eigenvalue weighted by atomic mass is 10.0. The van der Waals surface area contributed by atoms with E-state index in [0.717, 1.165) is 15.9 Å². The number of nitrogens with zero attached hydrogens (tertiary/aromatic N) is 2. The first-order valence-corrected chi connectivity index (χ1v) is 6.45. The third kappa shape index (κ3) is 2.47. The summed E-state index contributed by atoms with van der Waals surface area (Å²) in [6.07, 6.45) is 0. The van der Waals surface area contributed by atoms with Crippen LogP contribution in [-0.4, -0.2) is 16.8 Å². The lowest BCUT2D eigenvalue weighted by Crippen LogP contribution is -2.21. The zero-order valence-corrected chi connectivity index (χ0v) is 12.1. The predicted octanol–water partition coefficient (Wildman–Crippen LogP) is 2.94. The van der Waals surface area contributed by atoms with Crippen LogP contribution in [0.25, 0.3) is 0 Å². The number of hydrogen-bond acceptors (Lipinski definition) is 2. The molecular weight excluding hydrogens is 297 g/mol. The maximum Gasteiger partial charge on any atom is 0.128 e. The third-order valence-electron chi connectivity index (χ3n) is 2.89. The number of halogens is 2. The van der Waals surface area contributed by atoms with Crippen molar-refractivity contribution in [2.45, 2.75) is 13.0 Å². The van der Waals surface area contributed by atoms with E-state index in [1.165, 1.54) is 6.07 Å². The zero-order valence-electron chi connectivity index (χ0n) is 10.5. The van der Waals surface area contributed by atoms with E-state index in [1.54, 1.807) is 16.8 Å². The molecule has 1 aromatic heterocycles. The quantitative estimate of drug-likeness (QED) is 0.944. The van der Waals surface area contributed by atoms with Gasteiger partial charge in [-0.2, -0.15) is 5.10 Å². The molecule has 0 bridgehead atoms. The summed E-state index contributed by atoms with van der Waals surface area (Å²) >= 11 is 3.37. The highest BCUT2D eigenvalue weighted by molar-refractivity contribution is 9.10. The molecule has 18 heavy (non-hydrogen) atoms. The van der Waals surface area contributed by atoms with Crippen LogP contribution in [0.3, 0.4) is 0 Å². The van der Waals surface area contributed by atoms with E-state index in [2.05, 4.69) is 26.3 Å². The van der Waals surface area contributed by atoms with Crippen LogP contribution in [0.15, 0.2) is 28.7 Å². The molecule has 3 nitrogen and oxygen atoms in total. The smallest absolute Gasteiger partial charge is 0.128 e. The number of rotatable bonds is 3. The third-order valence-corrected chi connectivity index (χ3v) is 3.38. The van der Waals surface area contributed by atoms with Gasteiger partial charge in [0.2, 0.25) is 0 Å². The van der Waals surface area contributed by atoms with Gasteiger partial charge >= 0.3 is 0 Å². The van der Waals surface area contributed by atoms with E-state index in [-0.39, 0.29) is 11.9 Å². The van der Waals surface area contributed by atoms with Crippen LogP contribution in [0.2, 0.25) is 0 Å². The first kappa shape index (κ1) is 13.2. The summed E-state index contributed by atoms with van der Waals surface area (Å²) in [4.78, 5) is 0. The van der Waals surface area contributed by atoms with E-state index in [9.17, 15) is 4.39 Å². The fourth-order valence-electron chi connectivity index (χ4n) is 2.10. The van der Waals surface area contributed by atoms with Gasteiger partial charge in [-0.1, -0.05) is 15.9 Å². The van der Waals surface area contributed by atoms with Gasteiger partial charge in [0.15, 0.2) is 0 Å². The Morgan fingerprint density at radius 1 is 1.39 bits per heavy atom. The Hall–Kier alpha value is -1.20. The molecule has 0 radical (unpaired) electrons. The Labute approximate surface area is 114 Å². The average molecular weight is 312 g/mol. The highest BCUT2D eigenvalue weighted by Crippen LogP contribution is 2.27. The topological polar surface area (TPSA) is 29.9 Å². The Kier molecular flexibility index (Phi) is 3.82. The number of hydrogen-bond donors (Lipinski definition) is 1. The van der Waals surface area contributed by atoms with Crippen LogP contribution in [-0.2, 0) is 7.05 Å². The number of aryl methyl sites for hydroxylation is 2. The van der Waals surface area contributed by atoms with Gasteiger partial charge in [0.1, 0.15) is 5.82 Å². The standard InChI is InChI=1S/C13H15BrFN3/c1-8-6-12(18(3)17-8)13(16-2)10-7-9(14)4-5-11(10)15/h4-7,13,16H,1-3H3. The maximum absolute atomic E-state index is 13.9. The van der Waals surface area contributed by atoms with Crippen molar-refractivity contribution in [3.8, 4) is 0 Å². The van der Waals surface area contributed by atoms with E-state index in [1.807, 2.05) is 27.1 Å². The molecule has 1 atom stereocenters. The lowest BCUT2D eigenvalue weighted by Gasteiger charge is -2.18. The lowest BCUT2D eigenvalue weighted by molar-refractivity contribution is 0.551. The van der Waals surface area contributed by atoms with Gasteiger partial charge in [0.05, 0.1) is 17.4 Å². The van der Waals surface area contributed by atoms with Crippen molar-refractivity contribution in [3.63, 3.8) is 0 Å². The summed E-state index contributed by atoms with van der Waals surface area (Å²) in [5.74, 6) is -0.226. The van der Waals surface area contributed by atoms with Gasteiger partial charge < -0.3 is 5.32 Å². The summed E-state index contributed by atoms with van der Waals surface area (Å²) in [5.41, 5.74) is 2.46. The van der Waals surface area contributed by atoms with E-state index in [0.29, 0.717) is 5.56 Å². The van der Waals surface area contributed by atoms with Gasteiger partial charge in [-0.25, -0.2) is 4.39 Å². The molecule has 1 heterocycles. The van der Waals surface area contributed by atoms with Crippen LogP contribution < -0.4 is 5.32 Å². The molecule has 0 saturated heterocycles. The van der Waals surface area contributed by atoms with E-state index < -0.39 is 0 Å². The number of nitrogens with one attached hydrogen (secondary N) is 1. The van der Waals surface area contributed by atoms with Gasteiger partial charge in [-0.15, -0.1) is 0 Å². The molecule has 0 spiro atoms. The fraction of sp³-hybridized carbons (Fsp3) is 0.308. The molecule has 1 aromatic carbocycles. The minimum atomic E-state index is -0.226. The van der Waals surface area contributed by atoms with Gasteiger partial charge in [-0.3, -0.25) is 4.68 Å². The first-order chi connectivity index (χ1) is 8.52. The number of aromatic nitrogens is 2. The van der Waals surface area contributed by atoms with Gasteiger partial charge in [0.25, 0.3) is 0 Å². The first-order valence-electron chi connectivity index (χ1n) is 5.65. The highest BCUT2D eigenvalue weighted by Gasteiger charge is 2.20. The Bertz CT molecular complexity index is 565. The summed E-state index contributed by atoms with van der Waals surface area (Å²) in [5, 5.41) is 7.44. The SMILES string of the molecule is CNC(c1cc(Br)ccc1F)c1cc(C)nn1C. The molecule has 0 aliphatic heterocycles. The van der Waals surface area contributed by atoms with Crippen molar-refractivity contribution in [1.29, 1.82) is 0 Å². The zero-order chi connectivity index (χ0) is 13.3. The van der Waals surface area contributed by atoms with Crippen LogP contribution in [0, 0.1) is 12.7 Å². The van der Waals surface area contributed by atoms with Crippen LogP contribution in [0.4, 0.5) is 4.39 Å². The molecule has 0 aliphatic rings. The van der Waals surface area contributed by atoms with Crippen molar-refractivity contribution < 1.29 is 4.39 Å². The van der Waals surface area contributed by atoms with Crippen molar-refractivity contribution in [3.05, 3.63) is 51.5 Å². The van der Waals surface area contributed by atoms with Crippen LogP contribution in [0.1, 0.15) is 23.0 Å². The van der Waals surface area contributed by atoms with Crippen molar-refractivity contribution >= 4 is 15.9 Å². The molecule has 0 fully saturated rings. The van der Waals surface area contributed by atoms with E-state index >= 15 is 0 Å². The summed E-state index contributed by atoms with van der Waals surface area (Å²) in [6.45, 7) is 1.92. The molecule has 0 saturated carbocycles. The largest absolute Gasteiger partial charge is 0.308 e. The monoisotopic (exact) mass is 311 g/mol.